The zero-order chi connectivity index (χ0) is 15.2. The third kappa shape index (κ3) is 4.17. The summed E-state index contributed by atoms with van der Waals surface area (Å²) in [6, 6.07) is 4.04. The SMILES string of the molecule is CNC(=O)C1CCCN1c1ccc(CNCC(C)C)cn1. The molecule has 1 saturated heterocycles. The van der Waals surface area contributed by atoms with E-state index in [4.69, 9.17) is 0 Å². The van der Waals surface area contributed by atoms with Crippen molar-refractivity contribution in [2.45, 2.75) is 39.3 Å². The third-order valence-corrected chi connectivity index (χ3v) is 3.79. The van der Waals surface area contributed by atoms with Gasteiger partial charge in [0, 0.05) is 26.3 Å². The minimum absolute atomic E-state index is 0.0765. The van der Waals surface area contributed by atoms with Gasteiger partial charge in [-0.15, -0.1) is 0 Å². The first-order chi connectivity index (χ1) is 10.1. The molecule has 1 fully saturated rings. The van der Waals surface area contributed by atoms with Gasteiger partial charge in [-0.25, -0.2) is 4.98 Å². The largest absolute Gasteiger partial charge is 0.357 e. The van der Waals surface area contributed by atoms with Crippen LogP contribution >= 0.6 is 0 Å². The summed E-state index contributed by atoms with van der Waals surface area (Å²) in [5, 5.41) is 6.15. The normalized spacial score (nSPS) is 18.3. The maximum absolute atomic E-state index is 11.9. The highest BCUT2D eigenvalue weighted by Gasteiger charge is 2.30. The molecule has 1 amide bonds. The summed E-state index contributed by atoms with van der Waals surface area (Å²) in [5.74, 6) is 1.63. The Balaban J connectivity index is 1.96. The van der Waals surface area contributed by atoms with E-state index >= 15 is 0 Å². The Morgan fingerprint density at radius 1 is 1.48 bits per heavy atom. The highest BCUT2D eigenvalue weighted by molar-refractivity contribution is 5.85. The quantitative estimate of drug-likeness (QED) is 0.834. The van der Waals surface area contributed by atoms with Gasteiger partial charge in [-0.3, -0.25) is 4.79 Å². The van der Waals surface area contributed by atoms with E-state index in [1.54, 1.807) is 7.05 Å². The molecule has 116 valence electrons. The minimum Gasteiger partial charge on any atom is -0.357 e. The van der Waals surface area contributed by atoms with Crippen molar-refractivity contribution in [1.29, 1.82) is 0 Å². The van der Waals surface area contributed by atoms with Gasteiger partial charge in [-0.05, 0) is 36.9 Å². The van der Waals surface area contributed by atoms with Gasteiger partial charge in [0.2, 0.25) is 5.91 Å². The van der Waals surface area contributed by atoms with Gasteiger partial charge >= 0.3 is 0 Å². The summed E-state index contributed by atoms with van der Waals surface area (Å²) in [5.41, 5.74) is 1.18. The highest BCUT2D eigenvalue weighted by atomic mass is 16.2. The molecule has 0 bridgehead atoms. The minimum atomic E-state index is -0.0765. The van der Waals surface area contributed by atoms with Crippen LogP contribution in [0, 0.1) is 5.92 Å². The summed E-state index contributed by atoms with van der Waals surface area (Å²) >= 11 is 0. The first-order valence-corrected chi connectivity index (χ1v) is 7.75. The molecule has 1 aromatic rings. The number of carbonyl (C=O) groups is 1. The average molecular weight is 290 g/mol. The maximum atomic E-state index is 11.9. The second-order valence-electron chi connectivity index (χ2n) is 6.02. The first-order valence-electron chi connectivity index (χ1n) is 7.75. The van der Waals surface area contributed by atoms with Crippen molar-refractivity contribution in [3.63, 3.8) is 0 Å². The van der Waals surface area contributed by atoms with Crippen LogP contribution in [-0.2, 0) is 11.3 Å². The van der Waals surface area contributed by atoms with Crippen molar-refractivity contribution >= 4 is 11.7 Å². The monoisotopic (exact) mass is 290 g/mol. The van der Waals surface area contributed by atoms with E-state index in [2.05, 4.69) is 40.4 Å². The molecule has 21 heavy (non-hydrogen) atoms. The Kier molecular flexibility index (Phi) is 5.56. The molecule has 5 nitrogen and oxygen atoms in total. The van der Waals surface area contributed by atoms with Gasteiger partial charge in [-0.2, -0.15) is 0 Å². The second-order valence-corrected chi connectivity index (χ2v) is 6.02. The van der Waals surface area contributed by atoms with Crippen molar-refractivity contribution < 1.29 is 4.79 Å². The number of nitrogens with one attached hydrogen (secondary N) is 2. The lowest BCUT2D eigenvalue weighted by atomic mass is 10.2. The van der Waals surface area contributed by atoms with Crippen molar-refractivity contribution in [1.82, 2.24) is 15.6 Å². The molecule has 1 atom stereocenters. The number of rotatable bonds is 6. The van der Waals surface area contributed by atoms with Crippen LogP contribution in [0.5, 0.6) is 0 Å². The standard InChI is InChI=1S/C16H26N4O/c1-12(2)9-18-10-13-6-7-15(19-11-13)20-8-4-5-14(20)16(21)17-3/h6-7,11-12,14,18H,4-5,8-10H2,1-3H3,(H,17,21). The van der Waals surface area contributed by atoms with Crippen LogP contribution in [0.25, 0.3) is 0 Å². The summed E-state index contributed by atoms with van der Waals surface area (Å²) < 4.78 is 0. The zero-order valence-electron chi connectivity index (χ0n) is 13.2. The number of carbonyl (C=O) groups excluding carboxylic acids is 1. The van der Waals surface area contributed by atoms with Gasteiger partial charge < -0.3 is 15.5 Å². The molecule has 0 spiro atoms. The molecule has 5 heteroatoms. The molecule has 1 aliphatic heterocycles. The lowest BCUT2D eigenvalue weighted by Gasteiger charge is -2.24. The lowest BCUT2D eigenvalue weighted by molar-refractivity contribution is -0.121. The number of anilines is 1. The van der Waals surface area contributed by atoms with Gasteiger partial charge in [0.1, 0.15) is 11.9 Å². The Labute approximate surface area is 127 Å². The molecule has 2 rings (SSSR count). The molecule has 1 aromatic heterocycles. The Morgan fingerprint density at radius 2 is 2.29 bits per heavy atom. The number of hydrogen-bond acceptors (Lipinski definition) is 4. The van der Waals surface area contributed by atoms with E-state index in [0.717, 1.165) is 38.3 Å². The van der Waals surface area contributed by atoms with Crippen LogP contribution in [0.15, 0.2) is 18.3 Å². The molecule has 1 unspecified atom stereocenters. The summed E-state index contributed by atoms with van der Waals surface area (Å²) in [7, 11) is 1.69. The third-order valence-electron chi connectivity index (χ3n) is 3.79. The zero-order valence-corrected chi connectivity index (χ0v) is 13.2. The molecule has 0 aromatic carbocycles. The smallest absolute Gasteiger partial charge is 0.242 e. The van der Waals surface area contributed by atoms with Crippen LogP contribution in [0.3, 0.4) is 0 Å². The molecule has 1 aliphatic rings. The first kappa shape index (κ1) is 15.8. The summed E-state index contributed by atoms with van der Waals surface area (Å²) in [6.45, 7) is 7.13. The van der Waals surface area contributed by atoms with Crippen molar-refractivity contribution in [2.75, 3.05) is 25.0 Å². The van der Waals surface area contributed by atoms with E-state index < -0.39 is 0 Å². The maximum Gasteiger partial charge on any atom is 0.242 e. The number of aromatic nitrogens is 1. The van der Waals surface area contributed by atoms with Crippen LogP contribution in [-0.4, -0.2) is 37.1 Å². The van der Waals surface area contributed by atoms with Crippen LogP contribution in [0.1, 0.15) is 32.3 Å². The van der Waals surface area contributed by atoms with Gasteiger partial charge in [0.05, 0.1) is 0 Å². The molecule has 2 heterocycles. The van der Waals surface area contributed by atoms with E-state index in [-0.39, 0.29) is 11.9 Å². The van der Waals surface area contributed by atoms with E-state index in [1.165, 1.54) is 5.56 Å². The van der Waals surface area contributed by atoms with Crippen molar-refractivity contribution in [2.24, 2.45) is 5.92 Å². The van der Waals surface area contributed by atoms with E-state index in [0.29, 0.717) is 5.92 Å². The Morgan fingerprint density at radius 3 is 2.90 bits per heavy atom. The Hall–Kier alpha value is -1.62. The molecule has 0 radical (unpaired) electrons. The van der Waals surface area contributed by atoms with E-state index in [9.17, 15) is 4.79 Å². The van der Waals surface area contributed by atoms with E-state index in [1.807, 2.05) is 12.3 Å². The molecular weight excluding hydrogens is 264 g/mol. The average Bonchev–Trinajstić information content (AvgIpc) is 2.96. The number of nitrogens with zero attached hydrogens (tertiary/aromatic N) is 2. The van der Waals surface area contributed by atoms with Crippen molar-refractivity contribution in [3.8, 4) is 0 Å². The molecule has 0 saturated carbocycles. The van der Waals surface area contributed by atoms with Gasteiger partial charge in [0.25, 0.3) is 0 Å². The number of amides is 1. The van der Waals surface area contributed by atoms with Gasteiger partial charge in [0.15, 0.2) is 0 Å². The van der Waals surface area contributed by atoms with Crippen LogP contribution in [0.4, 0.5) is 5.82 Å². The van der Waals surface area contributed by atoms with Crippen LogP contribution < -0.4 is 15.5 Å². The fourth-order valence-electron chi connectivity index (χ4n) is 2.68. The highest BCUT2D eigenvalue weighted by Crippen LogP contribution is 2.23. The summed E-state index contributed by atoms with van der Waals surface area (Å²) in [6.07, 6.45) is 3.85. The molecular formula is C16H26N4O. The fourth-order valence-corrected chi connectivity index (χ4v) is 2.68. The van der Waals surface area contributed by atoms with Crippen molar-refractivity contribution in [3.05, 3.63) is 23.9 Å². The second kappa shape index (κ2) is 7.41. The van der Waals surface area contributed by atoms with Crippen LogP contribution in [0.2, 0.25) is 0 Å². The lowest BCUT2D eigenvalue weighted by Crippen LogP contribution is -2.42. The predicted octanol–water partition coefficient (Wildman–Crippen LogP) is 1.54. The number of hydrogen-bond donors (Lipinski definition) is 2. The fraction of sp³-hybridized carbons (Fsp3) is 0.625. The Bertz CT molecular complexity index is 458. The molecule has 0 aliphatic carbocycles. The summed E-state index contributed by atoms with van der Waals surface area (Å²) in [4.78, 5) is 18.5. The van der Waals surface area contributed by atoms with Gasteiger partial charge in [-0.1, -0.05) is 19.9 Å². The molecule has 2 N–H and O–H groups in total. The topological polar surface area (TPSA) is 57.3 Å². The predicted molar refractivity (Wildman–Crippen MR) is 85.2 cm³/mol. The number of pyridine rings is 1. The number of likely N-dealkylation sites (N-methyl/N-ethyl adjacent to an activating group) is 1.